The van der Waals surface area contributed by atoms with Crippen LogP contribution in [0.3, 0.4) is 0 Å². The Kier molecular flexibility index (Phi) is 4.42. The first kappa shape index (κ1) is 13.2. The zero-order chi connectivity index (χ0) is 13.5. The molecule has 0 bridgehead atoms. The van der Waals surface area contributed by atoms with Crippen molar-refractivity contribution >= 4 is 23.6 Å². The lowest BCUT2D eigenvalue weighted by Gasteiger charge is -2.01. The zero-order valence-electron chi connectivity index (χ0n) is 9.07. The number of nitrogens with zero attached hydrogens (tertiary/aromatic N) is 3. The van der Waals surface area contributed by atoms with Gasteiger partial charge in [-0.3, -0.25) is 19.7 Å². The van der Waals surface area contributed by atoms with Gasteiger partial charge in [0.15, 0.2) is 0 Å². The van der Waals surface area contributed by atoms with Crippen molar-refractivity contribution in [3.8, 4) is 0 Å². The quantitative estimate of drug-likeness (QED) is 0.262. The van der Waals surface area contributed by atoms with Crippen LogP contribution in [0.2, 0.25) is 0 Å². The van der Waals surface area contributed by atoms with Gasteiger partial charge in [-0.25, -0.2) is 0 Å². The lowest BCUT2D eigenvalue weighted by atomic mass is 10.2. The largest absolute Gasteiger partial charge is 0.361 e. The highest BCUT2D eigenvalue weighted by molar-refractivity contribution is 6.26. The summed E-state index contributed by atoms with van der Waals surface area (Å²) in [5, 5.41) is 12.7. The third-order valence-corrected chi connectivity index (χ3v) is 1.97. The standard InChI is InChI=1S/C10H8N4O4/c11-13-6-9(15)5-12-10(16)7-1-3-8(4-2-7)14(17)18/h1-4,6H,5H2,(H,12,16). The van der Waals surface area contributed by atoms with Gasteiger partial charge in [-0.1, -0.05) is 0 Å². The highest BCUT2D eigenvalue weighted by atomic mass is 16.6. The molecule has 0 spiro atoms. The molecule has 0 aliphatic rings. The second-order valence-corrected chi connectivity index (χ2v) is 3.20. The molecular formula is C10H8N4O4. The maximum atomic E-state index is 11.5. The van der Waals surface area contributed by atoms with Crippen LogP contribution < -0.4 is 5.32 Å². The first-order valence-corrected chi connectivity index (χ1v) is 4.77. The van der Waals surface area contributed by atoms with Gasteiger partial charge in [-0.15, -0.1) is 0 Å². The van der Waals surface area contributed by atoms with Crippen LogP contribution in [-0.4, -0.2) is 34.2 Å². The molecule has 8 heteroatoms. The molecule has 18 heavy (non-hydrogen) atoms. The lowest BCUT2D eigenvalue weighted by molar-refractivity contribution is -0.384. The molecule has 1 aromatic carbocycles. The van der Waals surface area contributed by atoms with Gasteiger partial charge in [-0.05, 0) is 12.1 Å². The predicted molar refractivity (Wildman–Crippen MR) is 60.1 cm³/mol. The fraction of sp³-hybridized carbons (Fsp3) is 0.100. The maximum Gasteiger partial charge on any atom is 0.325 e. The third-order valence-electron chi connectivity index (χ3n) is 1.97. The SMILES string of the molecule is [N-]=[N+]=CC(=O)CNC(=O)c1ccc([N+](=O)[O-])cc1. The Hall–Kier alpha value is -2.86. The van der Waals surface area contributed by atoms with E-state index in [-0.39, 0.29) is 17.8 Å². The highest BCUT2D eigenvalue weighted by Crippen LogP contribution is 2.11. The van der Waals surface area contributed by atoms with E-state index in [9.17, 15) is 19.7 Å². The summed E-state index contributed by atoms with van der Waals surface area (Å²) in [6, 6.07) is 4.92. The van der Waals surface area contributed by atoms with Crippen LogP contribution in [-0.2, 0) is 4.79 Å². The van der Waals surface area contributed by atoms with Crippen molar-refractivity contribution in [2.75, 3.05) is 6.54 Å². The normalized spacial score (nSPS) is 9.11. The molecule has 1 aromatic rings. The Bertz CT molecular complexity index is 531. The minimum atomic E-state index is -0.580. The van der Waals surface area contributed by atoms with Gasteiger partial charge in [-0.2, -0.15) is 4.79 Å². The van der Waals surface area contributed by atoms with Crippen molar-refractivity contribution < 1.29 is 19.3 Å². The third kappa shape index (κ3) is 3.62. The minimum absolute atomic E-state index is 0.130. The van der Waals surface area contributed by atoms with Crippen LogP contribution in [0.15, 0.2) is 24.3 Å². The highest BCUT2D eigenvalue weighted by Gasteiger charge is 2.10. The molecule has 0 radical (unpaired) electrons. The first-order chi connectivity index (χ1) is 8.54. The number of ketones is 1. The zero-order valence-corrected chi connectivity index (χ0v) is 9.07. The average Bonchev–Trinajstić information content (AvgIpc) is 2.36. The van der Waals surface area contributed by atoms with Gasteiger partial charge >= 0.3 is 6.21 Å². The Morgan fingerprint density at radius 2 is 2.00 bits per heavy atom. The van der Waals surface area contributed by atoms with Crippen molar-refractivity contribution in [2.45, 2.75) is 0 Å². The monoisotopic (exact) mass is 248 g/mol. The van der Waals surface area contributed by atoms with E-state index in [2.05, 4.69) is 10.1 Å². The number of nitro benzene ring substituents is 1. The molecule has 0 fully saturated rings. The number of hydrogen-bond donors (Lipinski definition) is 1. The number of carbonyl (C=O) groups is 2. The molecule has 1 amide bonds. The molecule has 1 N–H and O–H groups in total. The number of hydrogen-bond acceptors (Lipinski definition) is 4. The average molecular weight is 248 g/mol. The van der Waals surface area contributed by atoms with Crippen LogP contribution in [0.25, 0.3) is 5.53 Å². The molecule has 8 nitrogen and oxygen atoms in total. The summed E-state index contributed by atoms with van der Waals surface area (Å²) < 4.78 is 0. The first-order valence-electron chi connectivity index (χ1n) is 4.77. The second kappa shape index (κ2) is 6.02. The number of rotatable bonds is 5. The maximum absolute atomic E-state index is 11.5. The molecule has 0 aromatic heterocycles. The Labute approximate surface area is 101 Å². The van der Waals surface area contributed by atoms with Gasteiger partial charge in [0.25, 0.3) is 17.4 Å². The Balaban J connectivity index is 2.64. The van der Waals surface area contributed by atoms with E-state index in [1.807, 2.05) is 0 Å². The smallest absolute Gasteiger partial charge is 0.325 e. The molecule has 1 rings (SSSR count). The number of Topliss-reactive ketones (excluding diaryl/α,β-unsaturated/α-hetero) is 1. The van der Waals surface area contributed by atoms with E-state index in [1.165, 1.54) is 24.3 Å². The predicted octanol–water partition coefficient (Wildman–Crippen LogP) is 0.194. The molecule has 0 unspecified atom stereocenters. The summed E-state index contributed by atoms with van der Waals surface area (Å²) in [6.07, 6.45) is 0.663. The summed E-state index contributed by atoms with van der Waals surface area (Å²) >= 11 is 0. The van der Waals surface area contributed by atoms with Crippen molar-refractivity contribution in [1.29, 1.82) is 0 Å². The molecule has 0 atom stereocenters. The molecule has 0 saturated heterocycles. The van der Waals surface area contributed by atoms with Crippen LogP contribution in [0, 0.1) is 10.1 Å². The van der Waals surface area contributed by atoms with E-state index in [4.69, 9.17) is 5.53 Å². The molecule has 0 heterocycles. The summed E-state index contributed by atoms with van der Waals surface area (Å²) in [5.74, 6) is -1.13. The van der Waals surface area contributed by atoms with Crippen molar-refractivity contribution in [1.82, 2.24) is 5.32 Å². The molecular weight excluding hydrogens is 240 g/mol. The van der Waals surface area contributed by atoms with Gasteiger partial charge in [0.1, 0.15) is 0 Å². The van der Waals surface area contributed by atoms with Crippen LogP contribution in [0.1, 0.15) is 10.4 Å². The summed E-state index contributed by atoms with van der Waals surface area (Å²) in [7, 11) is 0. The van der Waals surface area contributed by atoms with Crippen LogP contribution in [0.5, 0.6) is 0 Å². The van der Waals surface area contributed by atoms with Crippen LogP contribution in [0.4, 0.5) is 5.69 Å². The number of benzene rings is 1. The molecule has 0 saturated carbocycles. The van der Waals surface area contributed by atoms with E-state index >= 15 is 0 Å². The summed E-state index contributed by atoms with van der Waals surface area (Å²) in [4.78, 5) is 34.7. The second-order valence-electron chi connectivity index (χ2n) is 3.20. The van der Waals surface area contributed by atoms with Gasteiger partial charge in [0.05, 0.1) is 11.5 Å². The van der Waals surface area contributed by atoms with Crippen molar-refractivity contribution in [3.63, 3.8) is 0 Å². The number of non-ortho nitro benzene ring substituents is 1. The number of carbonyl (C=O) groups excluding carboxylic acids is 2. The molecule has 0 aliphatic heterocycles. The topological polar surface area (TPSA) is 126 Å². The van der Waals surface area contributed by atoms with E-state index in [1.54, 1.807) is 0 Å². The lowest BCUT2D eigenvalue weighted by Crippen LogP contribution is -2.30. The van der Waals surface area contributed by atoms with Gasteiger partial charge in [0, 0.05) is 17.7 Å². The number of amides is 1. The number of nitrogens with one attached hydrogen (secondary N) is 1. The van der Waals surface area contributed by atoms with Gasteiger partial charge < -0.3 is 10.8 Å². The fourth-order valence-corrected chi connectivity index (χ4v) is 1.11. The van der Waals surface area contributed by atoms with E-state index < -0.39 is 16.6 Å². The fourth-order valence-electron chi connectivity index (χ4n) is 1.11. The summed E-state index contributed by atoms with van der Waals surface area (Å²) in [6.45, 7) is -0.320. The van der Waals surface area contributed by atoms with E-state index in [0.29, 0.717) is 6.21 Å². The van der Waals surface area contributed by atoms with Crippen molar-refractivity contribution in [2.24, 2.45) is 0 Å². The molecule has 0 aliphatic carbocycles. The Morgan fingerprint density at radius 3 is 2.50 bits per heavy atom. The minimum Gasteiger partial charge on any atom is -0.361 e. The van der Waals surface area contributed by atoms with Crippen LogP contribution >= 0.6 is 0 Å². The van der Waals surface area contributed by atoms with Crippen molar-refractivity contribution in [3.05, 3.63) is 45.5 Å². The van der Waals surface area contributed by atoms with E-state index in [0.717, 1.165) is 0 Å². The summed E-state index contributed by atoms with van der Waals surface area (Å²) in [5.41, 5.74) is 8.13. The Morgan fingerprint density at radius 1 is 1.39 bits per heavy atom. The molecule has 92 valence electrons. The van der Waals surface area contributed by atoms with Gasteiger partial charge in [0.2, 0.25) is 0 Å². The number of nitro groups is 1.